The van der Waals surface area contributed by atoms with Gasteiger partial charge in [-0.3, -0.25) is 4.90 Å². The summed E-state index contributed by atoms with van der Waals surface area (Å²) in [6.07, 6.45) is 5.06. The normalized spacial score (nSPS) is 18.0. The second-order valence-corrected chi connectivity index (χ2v) is 5.54. The minimum atomic E-state index is 0.559. The van der Waals surface area contributed by atoms with Crippen LogP contribution in [0.1, 0.15) is 39.5 Å². The van der Waals surface area contributed by atoms with Crippen molar-refractivity contribution in [3.8, 4) is 0 Å². The number of nitrogens with zero attached hydrogens (tertiary/aromatic N) is 1. The van der Waals surface area contributed by atoms with E-state index in [0.717, 1.165) is 37.8 Å². The molecule has 5 heteroatoms. The van der Waals surface area contributed by atoms with E-state index in [-0.39, 0.29) is 0 Å². The average molecular weight is 287 g/mol. The molecule has 0 amide bonds. The maximum Gasteiger partial charge on any atom is 0.166 e. The van der Waals surface area contributed by atoms with Crippen LogP contribution in [0.5, 0.6) is 0 Å². The maximum absolute atomic E-state index is 5.28. The number of hydrogen-bond acceptors (Lipinski definition) is 3. The van der Waals surface area contributed by atoms with Gasteiger partial charge in [-0.25, -0.2) is 0 Å². The molecule has 2 N–H and O–H groups in total. The quantitative estimate of drug-likeness (QED) is 0.525. The number of rotatable bonds is 8. The fourth-order valence-corrected chi connectivity index (χ4v) is 2.50. The van der Waals surface area contributed by atoms with Crippen LogP contribution in [0, 0.1) is 0 Å². The first-order valence-electron chi connectivity index (χ1n) is 7.57. The molecule has 0 aromatic rings. The van der Waals surface area contributed by atoms with Crippen LogP contribution in [-0.4, -0.2) is 55.4 Å². The Morgan fingerprint density at radius 1 is 1.26 bits per heavy atom. The molecule has 1 saturated heterocycles. The van der Waals surface area contributed by atoms with E-state index in [1.54, 1.807) is 0 Å². The highest BCUT2D eigenvalue weighted by molar-refractivity contribution is 7.80. The third-order valence-electron chi connectivity index (χ3n) is 3.53. The molecule has 112 valence electrons. The Morgan fingerprint density at radius 3 is 2.68 bits per heavy atom. The van der Waals surface area contributed by atoms with Gasteiger partial charge in [-0.05, 0) is 58.4 Å². The second kappa shape index (κ2) is 10.4. The van der Waals surface area contributed by atoms with Crippen molar-refractivity contribution in [2.24, 2.45) is 0 Å². The van der Waals surface area contributed by atoms with Crippen LogP contribution in [0.3, 0.4) is 0 Å². The predicted octanol–water partition coefficient (Wildman–Crippen LogP) is 1.75. The molecule has 0 bridgehead atoms. The fourth-order valence-electron chi connectivity index (χ4n) is 2.31. The molecule has 1 atom stereocenters. The lowest BCUT2D eigenvalue weighted by Gasteiger charge is -2.32. The Morgan fingerprint density at radius 2 is 2.00 bits per heavy atom. The zero-order valence-electron chi connectivity index (χ0n) is 12.4. The third-order valence-corrected chi connectivity index (χ3v) is 3.82. The molecule has 0 aromatic carbocycles. The van der Waals surface area contributed by atoms with Crippen molar-refractivity contribution in [3.63, 3.8) is 0 Å². The van der Waals surface area contributed by atoms with E-state index in [2.05, 4.69) is 22.5 Å². The van der Waals surface area contributed by atoms with Gasteiger partial charge in [-0.1, -0.05) is 6.42 Å². The number of nitrogens with one attached hydrogen (secondary N) is 2. The van der Waals surface area contributed by atoms with Gasteiger partial charge in [0.05, 0.1) is 0 Å². The van der Waals surface area contributed by atoms with Crippen LogP contribution in [0.2, 0.25) is 0 Å². The van der Waals surface area contributed by atoms with Gasteiger partial charge in [-0.15, -0.1) is 0 Å². The predicted molar refractivity (Wildman–Crippen MR) is 84.6 cm³/mol. The van der Waals surface area contributed by atoms with Crippen LogP contribution in [-0.2, 0) is 4.74 Å². The molecule has 0 spiro atoms. The molecular formula is C14H29N3OS. The van der Waals surface area contributed by atoms with Crippen LogP contribution in [0.15, 0.2) is 0 Å². The van der Waals surface area contributed by atoms with Gasteiger partial charge in [-0.2, -0.15) is 0 Å². The van der Waals surface area contributed by atoms with Crippen LogP contribution >= 0.6 is 12.2 Å². The zero-order chi connectivity index (χ0) is 13.9. The minimum absolute atomic E-state index is 0.559. The highest BCUT2D eigenvalue weighted by Gasteiger charge is 2.16. The van der Waals surface area contributed by atoms with Crippen LogP contribution in [0.4, 0.5) is 0 Å². The topological polar surface area (TPSA) is 36.5 Å². The highest BCUT2D eigenvalue weighted by atomic mass is 32.1. The van der Waals surface area contributed by atoms with Gasteiger partial charge in [0.15, 0.2) is 5.11 Å². The number of piperidine rings is 1. The number of likely N-dealkylation sites (tertiary alicyclic amines) is 1. The molecule has 1 aliphatic heterocycles. The van der Waals surface area contributed by atoms with Gasteiger partial charge < -0.3 is 15.4 Å². The second-order valence-electron chi connectivity index (χ2n) is 5.13. The average Bonchev–Trinajstić information content (AvgIpc) is 2.45. The molecule has 19 heavy (non-hydrogen) atoms. The van der Waals surface area contributed by atoms with Crippen molar-refractivity contribution < 1.29 is 4.74 Å². The molecule has 0 aromatic heterocycles. The lowest BCUT2D eigenvalue weighted by atomic mass is 10.1. The third kappa shape index (κ3) is 7.70. The Hall–Kier alpha value is -0.390. The van der Waals surface area contributed by atoms with E-state index in [1.165, 1.54) is 32.4 Å². The van der Waals surface area contributed by atoms with Crippen molar-refractivity contribution in [2.75, 3.05) is 39.4 Å². The molecule has 0 aliphatic carbocycles. The molecule has 1 fully saturated rings. The smallest absolute Gasteiger partial charge is 0.166 e. The van der Waals surface area contributed by atoms with Gasteiger partial charge >= 0.3 is 0 Å². The molecule has 1 heterocycles. The van der Waals surface area contributed by atoms with Crippen molar-refractivity contribution in [2.45, 2.75) is 45.6 Å². The molecular weight excluding hydrogens is 258 g/mol. The summed E-state index contributed by atoms with van der Waals surface area (Å²) in [6.45, 7) is 10.2. The summed E-state index contributed by atoms with van der Waals surface area (Å²) < 4.78 is 5.28. The van der Waals surface area contributed by atoms with E-state index >= 15 is 0 Å². The molecule has 1 rings (SSSR count). The lowest BCUT2D eigenvalue weighted by Crippen LogP contribution is -2.46. The molecule has 1 aliphatic rings. The Kier molecular flexibility index (Phi) is 9.12. The molecule has 4 nitrogen and oxygen atoms in total. The monoisotopic (exact) mass is 287 g/mol. The maximum atomic E-state index is 5.28. The first-order valence-corrected chi connectivity index (χ1v) is 7.98. The Labute approximate surface area is 123 Å². The highest BCUT2D eigenvalue weighted by Crippen LogP contribution is 2.11. The summed E-state index contributed by atoms with van der Waals surface area (Å²) in [5.41, 5.74) is 0. The van der Waals surface area contributed by atoms with Gasteiger partial charge in [0.1, 0.15) is 0 Å². The van der Waals surface area contributed by atoms with Crippen molar-refractivity contribution >= 4 is 17.3 Å². The lowest BCUT2D eigenvalue weighted by molar-refractivity contribution is 0.145. The first kappa shape index (κ1) is 16.7. The SMILES string of the molecule is CCOCCCNC(=S)NCC(C)N1CCCCC1. The number of hydrogen-bond donors (Lipinski definition) is 2. The van der Waals surface area contributed by atoms with E-state index in [0.29, 0.717) is 6.04 Å². The van der Waals surface area contributed by atoms with E-state index in [9.17, 15) is 0 Å². The minimum Gasteiger partial charge on any atom is -0.382 e. The van der Waals surface area contributed by atoms with Crippen molar-refractivity contribution in [1.29, 1.82) is 0 Å². The first-order chi connectivity index (χ1) is 9.24. The van der Waals surface area contributed by atoms with Crippen molar-refractivity contribution in [3.05, 3.63) is 0 Å². The summed E-state index contributed by atoms with van der Waals surface area (Å²) in [5.74, 6) is 0. The van der Waals surface area contributed by atoms with E-state index in [1.807, 2.05) is 6.92 Å². The van der Waals surface area contributed by atoms with Crippen LogP contribution < -0.4 is 10.6 Å². The number of thiocarbonyl (C=S) groups is 1. The zero-order valence-corrected chi connectivity index (χ0v) is 13.2. The van der Waals surface area contributed by atoms with Gasteiger partial charge in [0.2, 0.25) is 0 Å². The van der Waals surface area contributed by atoms with E-state index in [4.69, 9.17) is 17.0 Å². The fraction of sp³-hybridized carbons (Fsp3) is 0.929. The summed E-state index contributed by atoms with van der Waals surface area (Å²) in [6, 6.07) is 0.559. The summed E-state index contributed by atoms with van der Waals surface area (Å²) in [7, 11) is 0. The molecule has 0 saturated carbocycles. The molecule has 1 unspecified atom stereocenters. The Balaban J connectivity index is 2.02. The van der Waals surface area contributed by atoms with Crippen LogP contribution in [0.25, 0.3) is 0 Å². The summed E-state index contributed by atoms with van der Waals surface area (Å²) in [4.78, 5) is 2.55. The Bertz CT molecular complexity index is 245. The molecule has 0 radical (unpaired) electrons. The van der Waals surface area contributed by atoms with Crippen molar-refractivity contribution in [1.82, 2.24) is 15.5 Å². The van der Waals surface area contributed by atoms with Gasteiger partial charge in [0.25, 0.3) is 0 Å². The van der Waals surface area contributed by atoms with Gasteiger partial charge in [0, 0.05) is 32.3 Å². The largest absolute Gasteiger partial charge is 0.382 e. The number of ether oxygens (including phenoxy) is 1. The summed E-state index contributed by atoms with van der Waals surface area (Å²) in [5, 5.41) is 7.29. The van der Waals surface area contributed by atoms with E-state index < -0.39 is 0 Å². The standard InChI is InChI=1S/C14H29N3OS/c1-3-18-11-7-8-15-14(19)16-12-13(2)17-9-5-4-6-10-17/h13H,3-12H2,1-2H3,(H2,15,16,19). The summed E-state index contributed by atoms with van der Waals surface area (Å²) >= 11 is 5.27.